The monoisotopic (exact) mass is 269 g/mol. The molecule has 0 saturated heterocycles. The smallest absolute Gasteiger partial charge is 0.221 e. The Hall–Kier alpha value is -2.69. The molecule has 0 atom stereocenters. The van der Waals surface area contributed by atoms with Gasteiger partial charge in [-0.05, 0) is 36.2 Å². The molecule has 5 nitrogen and oxygen atoms in total. The number of amides is 1. The third kappa shape index (κ3) is 2.83. The van der Waals surface area contributed by atoms with Crippen LogP contribution in [0.15, 0.2) is 41.5 Å². The fourth-order valence-corrected chi connectivity index (χ4v) is 1.97. The van der Waals surface area contributed by atoms with E-state index in [1.165, 1.54) is 13.0 Å². The van der Waals surface area contributed by atoms with E-state index in [0.717, 1.165) is 11.1 Å². The first-order valence-electron chi connectivity index (χ1n) is 6.10. The number of rotatable bonds is 3. The Balaban J connectivity index is 2.44. The summed E-state index contributed by atoms with van der Waals surface area (Å²) < 4.78 is 0. The summed E-state index contributed by atoms with van der Waals surface area (Å²) in [5.74, 6) is -0.0865. The van der Waals surface area contributed by atoms with Crippen LogP contribution in [0.1, 0.15) is 12.5 Å². The van der Waals surface area contributed by atoms with Crippen LogP contribution in [0.2, 0.25) is 0 Å². The molecule has 2 aromatic carbocycles. The van der Waals surface area contributed by atoms with Crippen molar-refractivity contribution in [3.05, 3.63) is 42.0 Å². The van der Waals surface area contributed by atoms with E-state index in [-0.39, 0.29) is 11.7 Å². The zero-order chi connectivity index (χ0) is 14.7. The highest BCUT2D eigenvalue weighted by Gasteiger charge is 2.09. The second kappa shape index (κ2) is 5.52. The Labute approximate surface area is 116 Å². The molecule has 3 N–H and O–H groups in total. The standard InChI is InChI=1S/C15H15N3O2/c1-9-7-13(11-3-5-12(18-16)6-4-11)15(20)8-14(9)17-10(2)19/h3-8,16,20H,1-2H3,(H,17,19). The predicted molar refractivity (Wildman–Crippen MR) is 77.4 cm³/mol. The Kier molecular flexibility index (Phi) is 3.79. The quantitative estimate of drug-likeness (QED) is 0.736. The van der Waals surface area contributed by atoms with Crippen molar-refractivity contribution in [3.8, 4) is 16.9 Å². The number of hydrogen-bond acceptors (Lipinski definition) is 4. The SMILES string of the molecule is CC(=O)Nc1cc(O)c(-c2ccc(N=N)cc2)cc1C. The maximum absolute atomic E-state index is 11.1. The number of nitrogens with one attached hydrogen (secondary N) is 2. The second-order valence-electron chi connectivity index (χ2n) is 4.52. The number of aryl methyl sites for hydroxylation is 1. The van der Waals surface area contributed by atoms with Crippen molar-refractivity contribution in [2.45, 2.75) is 13.8 Å². The predicted octanol–water partition coefficient (Wildman–Crippen LogP) is 3.99. The highest BCUT2D eigenvalue weighted by Crippen LogP contribution is 2.34. The number of nitrogens with zero attached hydrogens (tertiary/aromatic N) is 1. The number of aromatic hydroxyl groups is 1. The molecule has 0 saturated carbocycles. The molecule has 0 bridgehead atoms. The van der Waals surface area contributed by atoms with E-state index >= 15 is 0 Å². The van der Waals surface area contributed by atoms with Crippen molar-refractivity contribution in [2.75, 3.05) is 5.32 Å². The van der Waals surface area contributed by atoms with Gasteiger partial charge in [0.25, 0.3) is 0 Å². The lowest BCUT2D eigenvalue weighted by Gasteiger charge is -2.11. The molecule has 2 rings (SSSR count). The molecule has 0 aliphatic carbocycles. The minimum absolute atomic E-state index is 0.0925. The Bertz CT molecular complexity index is 664. The second-order valence-corrected chi connectivity index (χ2v) is 4.52. The third-order valence-electron chi connectivity index (χ3n) is 2.96. The van der Waals surface area contributed by atoms with Crippen molar-refractivity contribution in [1.82, 2.24) is 0 Å². The van der Waals surface area contributed by atoms with Crippen LogP contribution >= 0.6 is 0 Å². The maximum Gasteiger partial charge on any atom is 0.221 e. The lowest BCUT2D eigenvalue weighted by Crippen LogP contribution is -2.07. The molecule has 5 heteroatoms. The topological polar surface area (TPSA) is 85.5 Å². The first-order chi connectivity index (χ1) is 9.51. The van der Waals surface area contributed by atoms with Crippen LogP contribution in [-0.4, -0.2) is 11.0 Å². The fourth-order valence-electron chi connectivity index (χ4n) is 1.97. The molecular weight excluding hydrogens is 254 g/mol. The van der Waals surface area contributed by atoms with E-state index in [2.05, 4.69) is 10.4 Å². The van der Waals surface area contributed by atoms with Crippen molar-refractivity contribution in [2.24, 2.45) is 5.11 Å². The van der Waals surface area contributed by atoms with Gasteiger partial charge in [0, 0.05) is 24.2 Å². The number of phenols is 1. The zero-order valence-electron chi connectivity index (χ0n) is 11.3. The van der Waals surface area contributed by atoms with Gasteiger partial charge in [0.05, 0.1) is 5.69 Å². The minimum atomic E-state index is -0.179. The van der Waals surface area contributed by atoms with Crippen molar-refractivity contribution < 1.29 is 9.90 Å². The van der Waals surface area contributed by atoms with Crippen LogP contribution in [-0.2, 0) is 4.79 Å². The van der Waals surface area contributed by atoms with Gasteiger partial charge in [-0.25, -0.2) is 5.53 Å². The molecular formula is C15H15N3O2. The van der Waals surface area contributed by atoms with E-state index in [4.69, 9.17) is 5.53 Å². The van der Waals surface area contributed by atoms with E-state index in [1.807, 2.05) is 13.0 Å². The van der Waals surface area contributed by atoms with Crippen molar-refractivity contribution >= 4 is 17.3 Å². The molecule has 0 fully saturated rings. The van der Waals surface area contributed by atoms with Crippen LogP contribution in [0.25, 0.3) is 11.1 Å². The van der Waals surface area contributed by atoms with E-state index in [9.17, 15) is 9.90 Å². The van der Waals surface area contributed by atoms with E-state index in [0.29, 0.717) is 16.9 Å². The third-order valence-corrected chi connectivity index (χ3v) is 2.96. The van der Waals surface area contributed by atoms with Crippen LogP contribution < -0.4 is 5.32 Å². The lowest BCUT2D eigenvalue weighted by molar-refractivity contribution is -0.114. The largest absolute Gasteiger partial charge is 0.507 e. The Morgan fingerprint density at radius 1 is 1.25 bits per heavy atom. The molecule has 0 aliphatic rings. The molecule has 0 spiro atoms. The van der Waals surface area contributed by atoms with Gasteiger partial charge in [-0.1, -0.05) is 12.1 Å². The van der Waals surface area contributed by atoms with E-state index < -0.39 is 0 Å². The van der Waals surface area contributed by atoms with Gasteiger partial charge in [0.1, 0.15) is 5.75 Å². The lowest BCUT2D eigenvalue weighted by atomic mass is 10.0. The Morgan fingerprint density at radius 3 is 2.45 bits per heavy atom. The van der Waals surface area contributed by atoms with Gasteiger partial charge in [-0.15, -0.1) is 0 Å². The molecule has 0 unspecified atom stereocenters. The molecule has 102 valence electrons. The van der Waals surface area contributed by atoms with Crippen LogP contribution in [0.5, 0.6) is 5.75 Å². The number of phenolic OH excluding ortho intramolecular Hbond substituents is 1. The average molecular weight is 269 g/mol. The summed E-state index contributed by atoms with van der Waals surface area (Å²) in [5.41, 5.74) is 10.4. The highest BCUT2D eigenvalue weighted by atomic mass is 16.3. The maximum atomic E-state index is 11.1. The van der Waals surface area contributed by atoms with Crippen molar-refractivity contribution in [1.29, 1.82) is 5.53 Å². The van der Waals surface area contributed by atoms with Crippen LogP contribution in [0.4, 0.5) is 11.4 Å². The summed E-state index contributed by atoms with van der Waals surface area (Å²) in [6.45, 7) is 3.29. The first kappa shape index (κ1) is 13.7. The van der Waals surface area contributed by atoms with Gasteiger partial charge in [-0.3, -0.25) is 4.79 Å². The minimum Gasteiger partial charge on any atom is -0.507 e. The molecule has 0 radical (unpaired) electrons. The normalized spacial score (nSPS) is 10.1. The zero-order valence-corrected chi connectivity index (χ0v) is 11.3. The molecule has 0 heterocycles. The summed E-state index contributed by atoms with van der Waals surface area (Å²) >= 11 is 0. The summed E-state index contributed by atoms with van der Waals surface area (Å²) in [4.78, 5) is 11.1. The molecule has 20 heavy (non-hydrogen) atoms. The van der Waals surface area contributed by atoms with Gasteiger partial charge >= 0.3 is 0 Å². The van der Waals surface area contributed by atoms with Crippen molar-refractivity contribution in [3.63, 3.8) is 0 Å². The molecule has 0 aliphatic heterocycles. The van der Waals surface area contributed by atoms with Crippen LogP contribution in [0, 0.1) is 12.5 Å². The molecule has 2 aromatic rings. The Morgan fingerprint density at radius 2 is 1.90 bits per heavy atom. The van der Waals surface area contributed by atoms with Gasteiger partial charge < -0.3 is 10.4 Å². The van der Waals surface area contributed by atoms with Crippen LogP contribution in [0.3, 0.4) is 0 Å². The highest BCUT2D eigenvalue weighted by molar-refractivity contribution is 5.91. The molecule has 0 aromatic heterocycles. The molecule has 1 amide bonds. The summed E-state index contributed by atoms with van der Waals surface area (Å²) in [6, 6.07) is 10.3. The van der Waals surface area contributed by atoms with Gasteiger partial charge in [-0.2, -0.15) is 5.11 Å². The number of carbonyl (C=O) groups is 1. The number of anilines is 1. The summed E-state index contributed by atoms with van der Waals surface area (Å²) in [6.07, 6.45) is 0. The number of carbonyl (C=O) groups excluding carboxylic acids is 1. The average Bonchev–Trinajstić information content (AvgIpc) is 2.42. The number of benzene rings is 2. The number of hydrogen-bond donors (Lipinski definition) is 3. The van der Waals surface area contributed by atoms with Gasteiger partial charge in [0.2, 0.25) is 5.91 Å². The van der Waals surface area contributed by atoms with E-state index in [1.54, 1.807) is 24.3 Å². The van der Waals surface area contributed by atoms with Gasteiger partial charge in [0.15, 0.2) is 0 Å². The summed E-state index contributed by atoms with van der Waals surface area (Å²) in [5, 5.41) is 16.1. The summed E-state index contributed by atoms with van der Waals surface area (Å²) in [7, 11) is 0. The first-order valence-corrected chi connectivity index (χ1v) is 6.10. The fraction of sp³-hybridized carbons (Fsp3) is 0.133.